The SMILES string of the molecule is Cc1nc2ccccc2n1-c1cccc2c(-c3ccc4cc5ccccc5cc4c3)c3cccc(-n4c(C)nc5ccccc54)c3cc12. The lowest BCUT2D eigenvalue weighted by atomic mass is 9.89. The van der Waals surface area contributed by atoms with Gasteiger partial charge >= 0.3 is 0 Å². The molecule has 0 amide bonds. The summed E-state index contributed by atoms with van der Waals surface area (Å²) >= 11 is 0. The van der Waals surface area contributed by atoms with Gasteiger partial charge in [0.05, 0.1) is 33.4 Å². The first-order valence-electron chi connectivity index (χ1n) is 16.4. The van der Waals surface area contributed by atoms with Crippen LogP contribution < -0.4 is 0 Å². The largest absolute Gasteiger partial charge is 0.296 e. The highest BCUT2D eigenvalue weighted by Crippen LogP contribution is 2.42. The molecule has 0 atom stereocenters. The van der Waals surface area contributed by atoms with Gasteiger partial charge in [-0.3, -0.25) is 9.13 Å². The Bertz CT molecular complexity index is 2790. The van der Waals surface area contributed by atoms with Gasteiger partial charge in [-0.15, -0.1) is 0 Å². The van der Waals surface area contributed by atoms with Gasteiger partial charge in [0.1, 0.15) is 11.6 Å². The zero-order valence-electron chi connectivity index (χ0n) is 26.6. The number of imidazole rings is 2. The minimum Gasteiger partial charge on any atom is -0.296 e. The van der Waals surface area contributed by atoms with Crippen molar-refractivity contribution in [1.82, 2.24) is 19.1 Å². The van der Waals surface area contributed by atoms with E-state index >= 15 is 0 Å². The maximum Gasteiger partial charge on any atom is 0.111 e. The molecule has 0 N–H and O–H groups in total. The predicted molar refractivity (Wildman–Crippen MR) is 201 cm³/mol. The number of fused-ring (bicyclic) bond motifs is 6. The molecule has 0 aliphatic heterocycles. The normalized spacial score (nSPS) is 12.0. The molecule has 0 bridgehead atoms. The van der Waals surface area contributed by atoms with Gasteiger partial charge in [-0.2, -0.15) is 0 Å². The molecule has 0 fully saturated rings. The molecule has 2 aromatic heterocycles. The van der Waals surface area contributed by atoms with E-state index in [4.69, 9.17) is 9.97 Å². The number of rotatable bonds is 3. The Morgan fingerprint density at radius 2 is 0.896 bits per heavy atom. The standard InChI is InChI=1S/C44H30N4/c1-27-45-38-15-5-7-17-42(38)47(27)40-19-9-13-34-36(40)26-37-35(14-10-20-41(37)48-28(2)46-39-16-6-8-18-43(39)48)44(34)32-22-21-31-23-29-11-3-4-12-30(29)24-33(31)25-32/h3-26H,1-2H3. The van der Waals surface area contributed by atoms with Gasteiger partial charge in [0.15, 0.2) is 0 Å². The lowest BCUT2D eigenvalue weighted by molar-refractivity contribution is 1.01. The van der Waals surface area contributed by atoms with E-state index in [1.807, 2.05) is 0 Å². The van der Waals surface area contributed by atoms with Crippen LogP contribution in [-0.4, -0.2) is 19.1 Å². The second-order valence-corrected chi connectivity index (χ2v) is 12.7. The summed E-state index contributed by atoms with van der Waals surface area (Å²) < 4.78 is 4.61. The Labute approximate surface area is 277 Å². The molecule has 0 spiro atoms. The summed E-state index contributed by atoms with van der Waals surface area (Å²) in [4.78, 5) is 9.91. The molecule has 2 heterocycles. The predicted octanol–water partition coefficient (Wildman–Crippen LogP) is 11.3. The molecule has 0 unspecified atom stereocenters. The zero-order valence-corrected chi connectivity index (χ0v) is 26.6. The monoisotopic (exact) mass is 614 g/mol. The highest BCUT2D eigenvalue weighted by molar-refractivity contribution is 6.17. The third kappa shape index (κ3) is 3.90. The molecule has 0 saturated heterocycles. The third-order valence-corrected chi connectivity index (χ3v) is 9.93. The van der Waals surface area contributed by atoms with Crippen molar-refractivity contribution in [3.8, 4) is 22.5 Å². The average molecular weight is 615 g/mol. The molecule has 226 valence electrons. The van der Waals surface area contributed by atoms with Crippen LogP contribution >= 0.6 is 0 Å². The van der Waals surface area contributed by atoms with E-state index in [2.05, 4.69) is 169 Å². The Kier molecular flexibility index (Phi) is 5.67. The molecule has 8 aromatic carbocycles. The van der Waals surface area contributed by atoms with Gasteiger partial charge in [0.2, 0.25) is 0 Å². The fourth-order valence-corrected chi connectivity index (χ4v) is 7.83. The smallest absolute Gasteiger partial charge is 0.111 e. The summed E-state index contributed by atoms with van der Waals surface area (Å²) in [6.45, 7) is 4.20. The van der Waals surface area contributed by atoms with E-state index in [0.29, 0.717) is 0 Å². The summed E-state index contributed by atoms with van der Waals surface area (Å²) in [7, 11) is 0. The van der Waals surface area contributed by atoms with Crippen molar-refractivity contribution in [2.75, 3.05) is 0 Å². The van der Waals surface area contributed by atoms with Gasteiger partial charge in [0.25, 0.3) is 0 Å². The number of nitrogens with zero attached hydrogens (tertiary/aromatic N) is 4. The Balaban J connectivity index is 1.35. The quantitative estimate of drug-likeness (QED) is 0.186. The fraction of sp³-hybridized carbons (Fsp3) is 0.0455. The maximum absolute atomic E-state index is 4.95. The number of para-hydroxylation sites is 4. The molecule has 0 aliphatic carbocycles. The lowest BCUT2D eigenvalue weighted by Crippen LogP contribution is -2.01. The Hall–Kier alpha value is -6.26. The highest BCUT2D eigenvalue weighted by atomic mass is 15.1. The summed E-state index contributed by atoms with van der Waals surface area (Å²) in [6.07, 6.45) is 0. The van der Waals surface area contributed by atoms with Crippen LogP contribution in [0.25, 0.3) is 87.7 Å². The number of aromatic nitrogens is 4. The maximum atomic E-state index is 4.95. The lowest BCUT2D eigenvalue weighted by Gasteiger charge is -2.19. The van der Waals surface area contributed by atoms with Crippen LogP contribution in [0.2, 0.25) is 0 Å². The van der Waals surface area contributed by atoms with Crippen LogP contribution in [0.3, 0.4) is 0 Å². The van der Waals surface area contributed by atoms with Crippen molar-refractivity contribution in [3.05, 3.63) is 157 Å². The van der Waals surface area contributed by atoms with Crippen molar-refractivity contribution >= 4 is 65.2 Å². The highest BCUT2D eigenvalue weighted by Gasteiger charge is 2.19. The van der Waals surface area contributed by atoms with E-state index in [9.17, 15) is 0 Å². The molecule has 0 saturated carbocycles. The first kappa shape index (κ1) is 26.9. The molecule has 10 aromatic rings. The van der Waals surface area contributed by atoms with E-state index in [0.717, 1.165) is 45.1 Å². The minimum absolute atomic E-state index is 0.965. The molecule has 48 heavy (non-hydrogen) atoms. The third-order valence-electron chi connectivity index (χ3n) is 9.93. The Morgan fingerprint density at radius 3 is 1.48 bits per heavy atom. The van der Waals surface area contributed by atoms with Crippen LogP contribution in [0.5, 0.6) is 0 Å². The number of benzene rings is 8. The van der Waals surface area contributed by atoms with Gasteiger partial charge in [0, 0.05) is 10.8 Å². The number of aryl methyl sites for hydroxylation is 2. The summed E-state index contributed by atoms with van der Waals surface area (Å²) in [6, 6.07) is 52.7. The van der Waals surface area contributed by atoms with E-state index in [-0.39, 0.29) is 0 Å². The summed E-state index contributed by atoms with van der Waals surface area (Å²) in [5.74, 6) is 1.93. The van der Waals surface area contributed by atoms with Crippen LogP contribution in [0, 0.1) is 13.8 Å². The van der Waals surface area contributed by atoms with E-state index < -0.39 is 0 Å². The molecular formula is C44H30N4. The number of hydrogen-bond acceptors (Lipinski definition) is 2. The van der Waals surface area contributed by atoms with Crippen molar-refractivity contribution in [2.45, 2.75) is 13.8 Å². The van der Waals surface area contributed by atoms with Crippen LogP contribution in [0.4, 0.5) is 0 Å². The second kappa shape index (κ2) is 10.1. The first-order valence-corrected chi connectivity index (χ1v) is 16.4. The van der Waals surface area contributed by atoms with Crippen molar-refractivity contribution in [1.29, 1.82) is 0 Å². The van der Waals surface area contributed by atoms with Crippen LogP contribution in [0.1, 0.15) is 11.6 Å². The van der Waals surface area contributed by atoms with Crippen molar-refractivity contribution < 1.29 is 0 Å². The molecule has 0 radical (unpaired) electrons. The van der Waals surface area contributed by atoms with E-state index in [1.54, 1.807) is 0 Å². The molecule has 10 rings (SSSR count). The average Bonchev–Trinajstić information content (AvgIpc) is 3.63. The number of hydrogen-bond donors (Lipinski definition) is 0. The molecule has 0 aliphatic rings. The fourth-order valence-electron chi connectivity index (χ4n) is 7.83. The van der Waals surface area contributed by atoms with Crippen molar-refractivity contribution in [3.63, 3.8) is 0 Å². The topological polar surface area (TPSA) is 35.6 Å². The van der Waals surface area contributed by atoms with E-state index in [1.165, 1.54) is 54.2 Å². The first-order chi connectivity index (χ1) is 23.6. The molecular weight excluding hydrogens is 585 g/mol. The second-order valence-electron chi connectivity index (χ2n) is 12.7. The van der Waals surface area contributed by atoms with Crippen molar-refractivity contribution in [2.24, 2.45) is 0 Å². The Morgan fingerprint density at radius 1 is 0.396 bits per heavy atom. The summed E-state index contributed by atoms with van der Waals surface area (Å²) in [5.41, 5.74) is 8.86. The van der Waals surface area contributed by atoms with Crippen LogP contribution in [0.15, 0.2) is 146 Å². The van der Waals surface area contributed by atoms with Gasteiger partial charge in [-0.1, -0.05) is 84.9 Å². The molecule has 4 nitrogen and oxygen atoms in total. The van der Waals surface area contributed by atoms with Gasteiger partial charge in [-0.25, -0.2) is 9.97 Å². The summed E-state index contributed by atoms with van der Waals surface area (Å²) in [5, 5.41) is 9.76. The minimum atomic E-state index is 0.965. The zero-order chi connectivity index (χ0) is 31.9. The van der Waals surface area contributed by atoms with Crippen LogP contribution in [-0.2, 0) is 0 Å². The molecule has 4 heteroatoms. The van der Waals surface area contributed by atoms with Gasteiger partial charge in [-0.05, 0) is 118 Å². The van der Waals surface area contributed by atoms with Gasteiger partial charge < -0.3 is 0 Å².